The summed E-state index contributed by atoms with van der Waals surface area (Å²) in [5, 5.41) is 3.24. The first-order chi connectivity index (χ1) is 11.2. The average Bonchev–Trinajstić information content (AvgIpc) is 3.15. The number of hydrogen-bond acceptors (Lipinski definition) is 3. The Balaban J connectivity index is 1.44. The van der Waals surface area contributed by atoms with Gasteiger partial charge in [-0.05, 0) is 49.9 Å². The highest BCUT2D eigenvalue weighted by Crippen LogP contribution is 2.30. The molecular formula is C19H22N2OS. The van der Waals surface area contributed by atoms with Crippen LogP contribution in [0.1, 0.15) is 28.1 Å². The number of benzene rings is 1. The molecule has 1 unspecified atom stereocenters. The van der Waals surface area contributed by atoms with Crippen molar-refractivity contribution in [3.05, 3.63) is 46.8 Å². The number of nitrogens with one attached hydrogen (secondary N) is 1. The first-order valence-corrected chi connectivity index (χ1v) is 9.19. The van der Waals surface area contributed by atoms with Gasteiger partial charge in [0, 0.05) is 24.0 Å². The lowest BCUT2D eigenvalue weighted by atomic mass is 9.97. The molecule has 2 saturated heterocycles. The van der Waals surface area contributed by atoms with Crippen LogP contribution in [-0.2, 0) is 0 Å². The molecule has 0 saturated carbocycles. The Hall–Kier alpha value is -1.65. The third-order valence-corrected chi connectivity index (χ3v) is 6.10. The van der Waals surface area contributed by atoms with Crippen LogP contribution in [0.25, 0.3) is 10.4 Å². The molecule has 2 bridgehead atoms. The van der Waals surface area contributed by atoms with Crippen LogP contribution in [0, 0.1) is 12.8 Å². The maximum Gasteiger partial charge on any atom is 0.261 e. The number of carbonyl (C=O) groups is 1. The monoisotopic (exact) mass is 326 g/mol. The van der Waals surface area contributed by atoms with Gasteiger partial charge in [-0.25, -0.2) is 0 Å². The molecule has 0 spiro atoms. The van der Waals surface area contributed by atoms with Crippen molar-refractivity contribution in [3.63, 3.8) is 0 Å². The molecule has 2 aliphatic rings. The van der Waals surface area contributed by atoms with Crippen molar-refractivity contribution in [1.29, 1.82) is 0 Å². The van der Waals surface area contributed by atoms with E-state index in [2.05, 4.69) is 47.5 Å². The molecule has 4 rings (SSSR count). The van der Waals surface area contributed by atoms with Crippen molar-refractivity contribution in [3.8, 4) is 10.4 Å². The van der Waals surface area contributed by atoms with E-state index in [1.165, 1.54) is 30.6 Å². The van der Waals surface area contributed by atoms with E-state index in [1.807, 2.05) is 6.07 Å². The van der Waals surface area contributed by atoms with E-state index in [-0.39, 0.29) is 5.91 Å². The predicted molar refractivity (Wildman–Crippen MR) is 94.9 cm³/mol. The summed E-state index contributed by atoms with van der Waals surface area (Å²) in [7, 11) is 0. The highest BCUT2D eigenvalue weighted by Gasteiger charge is 2.33. The van der Waals surface area contributed by atoms with Crippen LogP contribution < -0.4 is 5.32 Å². The van der Waals surface area contributed by atoms with E-state index in [1.54, 1.807) is 11.3 Å². The molecule has 1 amide bonds. The fourth-order valence-corrected chi connectivity index (χ4v) is 4.67. The number of piperidine rings is 1. The van der Waals surface area contributed by atoms with Crippen molar-refractivity contribution in [2.45, 2.75) is 25.8 Å². The average molecular weight is 326 g/mol. The van der Waals surface area contributed by atoms with E-state index in [0.29, 0.717) is 6.04 Å². The van der Waals surface area contributed by atoms with Crippen LogP contribution in [0.2, 0.25) is 0 Å². The summed E-state index contributed by atoms with van der Waals surface area (Å²) < 4.78 is 0. The second-order valence-corrected chi connectivity index (χ2v) is 7.93. The first-order valence-electron chi connectivity index (χ1n) is 8.37. The zero-order chi connectivity index (χ0) is 15.8. The van der Waals surface area contributed by atoms with E-state index >= 15 is 0 Å². The van der Waals surface area contributed by atoms with E-state index in [4.69, 9.17) is 0 Å². The van der Waals surface area contributed by atoms with Gasteiger partial charge in [0.15, 0.2) is 0 Å². The van der Waals surface area contributed by atoms with Gasteiger partial charge in [-0.1, -0.05) is 29.8 Å². The maximum atomic E-state index is 12.5. The Morgan fingerprint density at radius 2 is 2.00 bits per heavy atom. The van der Waals surface area contributed by atoms with E-state index in [9.17, 15) is 4.79 Å². The third-order valence-electron chi connectivity index (χ3n) is 4.97. The van der Waals surface area contributed by atoms with Crippen molar-refractivity contribution >= 4 is 17.2 Å². The first kappa shape index (κ1) is 14.9. The van der Waals surface area contributed by atoms with Crippen LogP contribution in [0.3, 0.4) is 0 Å². The number of aryl methyl sites for hydroxylation is 1. The maximum absolute atomic E-state index is 12.5. The quantitative estimate of drug-likeness (QED) is 0.935. The molecule has 2 fully saturated rings. The SMILES string of the molecule is Cc1ccc(-c2ccc(C(=O)N[C@@H]3C[C@H]4CCN(C4)C3)s2)cc1. The van der Waals surface area contributed by atoms with Crippen molar-refractivity contribution in [2.24, 2.45) is 5.92 Å². The van der Waals surface area contributed by atoms with Gasteiger partial charge >= 0.3 is 0 Å². The van der Waals surface area contributed by atoms with Crippen LogP contribution in [0.5, 0.6) is 0 Å². The molecule has 3 heterocycles. The summed E-state index contributed by atoms with van der Waals surface area (Å²) in [6, 6.07) is 12.8. The molecule has 4 heteroatoms. The number of hydrogen-bond donors (Lipinski definition) is 1. The molecule has 1 aromatic heterocycles. The summed E-state index contributed by atoms with van der Waals surface area (Å²) >= 11 is 1.58. The lowest BCUT2D eigenvalue weighted by Crippen LogP contribution is -2.46. The zero-order valence-electron chi connectivity index (χ0n) is 13.4. The largest absolute Gasteiger partial charge is 0.347 e. The molecule has 1 aromatic carbocycles. The summed E-state index contributed by atoms with van der Waals surface area (Å²) in [5.74, 6) is 0.862. The Bertz CT molecular complexity index is 694. The molecule has 2 aromatic rings. The summed E-state index contributed by atoms with van der Waals surface area (Å²) in [4.78, 5) is 17.0. The molecule has 3 atom stereocenters. The number of carbonyl (C=O) groups excluding carboxylic acids is 1. The minimum absolute atomic E-state index is 0.0841. The van der Waals surface area contributed by atoms with E-state index in [0.717, 1.165) is 28.6 Å². The highest BCUT2D eigenvalue weighted by atomic mass is 32.1. The molecular weight excluding hydrogens is 304 g/mol. The highest BCUT2D eigenvalue weighted by molar-refractivity contribution is 7.17. The minimum Gasteiger partial charge on any atom is -0.347 e. The number of rotatable bonds is 3. The summed E-state index contributed by atoms with van der Waals surface area (Å²) in [6.45, 7) is 5.53. The zero-order valence-corrected chi connectivity index (χ0v) is 14.2. The fraction of sp³-hybridized carbons (Fsp3) is 0.421. The Morgan fingerprint density at radius 3 is 2.78 bits per heavy atom. The second-order valence-electron chi connectivity index (χ2n) is 6.85. The number of fused-ring (bicyclic) bond motifs is 2. The van der Waals surface area contributed by atoms with Gasteiger partial charge in [0.2, 0.25) is 0 Å². The standard InChI is InChI=1S/C19H22N2OS/c1-13-2-4-15(5-3-13)17-6-7-18(23-17)19(22)20-16-10-14-8-9-21(11-14)12-16/h2-7,14,16H,8-12H2,1H3,(H,20,22)/t14-,16-/m1/s1. The van der Waals surface area contributed by atoms with Gasteiger partial charge in [-0.3, -0.25) is 4.79 Å². The molecule has 120 valence electrons. The lowest BCUT2D eigenvalue weighted by Gasteiger charge is -2.30. The second kappa shape index (κ2) is 6.10. The summed E-state index contributed by atoms with van der Waals surface area (Å²) in [6.07, 6.45) is 2.43. The van der Waals surface area contributed by atoms with Gasteiger partial charge in [0.25, 0.3) is 5.91 Å². The topological polar surface area (TPSA) is 32.3 Å². The lowest BCUT2D eigenvalue weighted by molar-refractivity contribution is 0.0913. The van der Waals surface area contributed by atoms with Crippen LogP contribution in [0.4, 0.5) is 0 Å². The summed E-state index contributed by atoms with van der Waals surface area (Å²) in [5.41, 5.74) is 2.44. The predicted octanol–water partition coefficient (Wildman–Crippen LogP) is 3.55. The van der Waals surface area contributed by atoms with Crippen LogP contribution in [-0.4, -0.2) is 36.5 Å². The Kier molecular flexibility index (Phi) is 3.95. The Morgan fingerprint density at radius 1 is 1.17 bits per heavy atom. The van der Waals surface area contributed by atoms with Gasteiger partial charge in [-0.2, -0.15) is 0 Å². The van der Waals surface area contributed by atoms with Crippen LogP contribution in [0.15, 0.2) is 36.4 Å². The molecule has 3 nitrogen and oxygen atoms in total. The molecule has 0 radical (unpaired) electrons. The molecule has 1 N–H and O–H groups in total. The van der Waals surface area contributed by atoms with Gasteiger partial charge in [0.1, 0.15) is 0 Å². The van der Waals surface area contributed by atoms with Crippen LogP contribution >= 0.6 is 11.3 Å². The minimum atomic E-state index is 0.0841. The smallest absolute Gasteiger partial charge is 0.261 e. The number of thiophene rings is 1. The van der Waals surface area contributed by atoms with E-state index < -0.39 is 0 Å². The third kappa shape index (κ3) is 3.19. The normalized spacial score (nSPS) is 26.2. The fourth-order valence-electron chi connectivity index (χ4n) is 3.75. The Labute approximate surface area is 141 Å². The van der Waals surface area contributed by atoms with Crippen molar-refractivity contribution in [1.82, 2.24) is 10.2 Å². The van der Waals surface area contributed by atoms with Gasteiger partial charge in [-0.15, -0.1) is 11.3 Å². The van der Waals surface area contributed by atoms with Gasteiger partial charge < -0.3 is 10.2 Å². The molecule has 2 aliphatic heterocycles. The molecule has 0 aliphatic carbocycles. The number of amides is 1. The van der Waals surface area contributed by atoms with Gasteiger partial charge in [0.05, 0.1) is 4.88 Å². The van der Waals surface area contributed by atoms with Crippen molar-refractivity contribution < 1.29 is 4.79 Å². The van der Waals surface area contributed by atoms with Crippen molar-refractivity contribution in [2.75, 3.05) is 19.6 Å². The molecule has 23 heavy (non-hydrogen) atoms. The number of nitrogens with zero attached hydrogens (tertiary/aromatic N) is 1.